The molecule has 5 heteroatoms. The minimum Gasteiger partial charge on any atom is -0.355 e. The lowest BCUT2D eigenvalue weighted by molar-refractivity contribution is -0.118. The molecule has 2 rings (SSSR count). The molecule has 0 saturated carbocycles. The SMILES string of the molecule is CC(=O)NCCNC(=O)c1cc2cc(C)ccc2nc1C. The Hall–Kier alpha value is -2.43. The van der Waals surface area contributed by atoms with Crippen LogP contribution < -0.4 is 10.6 Å². The van der Waals surface area contributed by atoms with E-state index >= 15 is 0 Å². The summed E-state index contributed by atoms with van der Waals surface area (Å²) >= 11 is 0. The highest BCUT2D eigenvalue weighted by Crippen LogP contribution is 2.18. The molecule has 0 unspecified atom stereocenters. The molecular formula is C16H19N3O2. The molecule has 0 aliphatic carbocycles. The molecule has 2 N–H and O–H groups in total. The normalized spacial score (nSPS) is 10.4. The number of carbonyl (C=O) groups excluding carboxylic acids is 2. The lowest BCUT2D eigenvalue weighted by Gasteiger charge is -2.09. The summed E-state index contributed by atoms with van der Waals surface area (Å²) in [6, 6.07) is 7.83. The van der Waals surface area contributed by atoms with Gasteiger partial charge in [-0.1, -0.05) is 11.6 Å². The molecule has 0 saturated heterocycles. The van der Waals surface area contributed by atoms with E-state index < -0.39 is 0 Å². The van der Waals surface area contributed by atoms with Crippen molar-refractivity contribution in [2.75, 3.05) is 13.1 Å². The molecule has 1 aromatic heterocycles. The predicted octanol–water partition coefficient (Wildman–Crippen LogP) is 1.72. The average molecular weight is 285 g/mol. The Labute approximate surface area is 123 Å². The number of carbonyl (C=O) groups is 2. The highest BCUT2D eigenvalue weighted by molar-refractivity contribution is 5.98. The number of pyridine rings is 1. The van der Waals surface area contributed by atoms with Crippen LogP contribution >= 0.6 is 0 Å². The Balaban J connectivity index is 2.14. The number of nitrogens with zero attached hydrogens (tertiary/aromatic N) is 1. The summed E-state index contributed by atoms with van der Waals surface area (Å²) in [5, 5.41) is 6.37. The molecule has 1 aromatic carbocycles. The quantitative estimate of drug-likeness (QED) is 0.840. The van der Waals surface area contributed by atoms with Gasteiger partial charge in [-0.15, -0.1) is 0 Å². The van der Waals surface area contributed by atoms with E-state index in [2.05, 4.69) is 15.6 Å². The van der Waals surface area contributed by atoms with Crippen LogP contribution in [0.5, 0.6) is 0 Å². The van der Waals surface area contributed by atoms with Crippen LogP contribution in [0.1, 0.15) is 28.5 Å². The zero-order valence-electron chi connectivity index (χ0n) is 12.5. The zero-order chi connectivity index (χ0) is 15.4. The van der Waals surface area contributed by atoms with E-state index in [0.717, 1.165) is 16.5 Å². The molecule has 21 heavy (non-hydrogen) atoms. The van der Waals surface area contributed by atoms with Crippen molar-refractivity contribution in [3.8, 4) is 0 Å². The number of hydrogen-bond donors (Lipinski definition) is 2. The maximum Gasteiger partial charge on any atom is 0.253 e. The molecule has 1 heterocycles. The van der Waals surface area contributed by atoms with Crippen molar-refractivity contribution in [1.82, 2.24) is 15.6 Å². The maximum absolute atomic E-state index is 12.2. The largest absolute Gasteiger partial charge is 0.355 e. The first-order chi connectivity index (χ1) is 9.97. The molecule has 5 nitrogen and oxygen atoms in total. The summed E-state index contributed by atoms with van der Waals surface area (Å²) in [6.07, 6.45) is 0. The van der Waals surface area contributed by atoms with E-state index in [-0.39, 0.29) is 11.8 Å². The van der Waals surface area contributed by atoms with E-state index in [4.69, 9.17) is 0 Å². The number of fused-ring (bicyclic) bond motifs is 1. The topological polar surface area (TPSA) is 71.1 Å². The molecule has 0 spiro atoms. The first-order valence-corrected chi connectivity index (χ1v) is 6.88. The molecule has 0 fully saturated rings. The van der Waals surface area contributed by atoms with Gasteiger partial charge in [0.25, 0.3) is 5.91 Å². The second-order valence-electron chi connectivity index (χ2n) is 5.06. The summed E-state index contributed by atoms with van der Waals surface area (Å²) in [6.45, 7) is 6.08. The zero-order valence-corrected chi connectivity index (χ0v) is 12.5. The molecule has 0 aliphatic rings. The first kappa shape index (κ1) is 15.0. The van der Waals surface area contributed by atoms with Crippen LogP contribution in [-0.4, -0.2) is 29.9 Å². The van der Waals surface area contributed by atoms with Gasteiger partial charge in [0.05, 0.1) is 16.8 Å². The first-order valence-electron chi connectivity index (χ1n) is 6.88. The number of rotatable bonds is 4. The lowest BCUT2D eigenvalue weighted by atomic mass is 10.1. The summed E-state index contributed by atoms with van der Waals surface area (Å²) < 4.78 is 0. The lowest BCUT2D eigenvalue weighted by Crippen LogP contribution is -2.34. The molecule has 2 amide bonds. The summed E-state index contributed by atoms with van der Waals surface area (Å²) in [5.74, 6) is -0.281. The van der Waals surface area contributed by atoms with Crippen molar-refractivity contribution in [2.45, 2.75) is 20.8 Å². The van der Waals surface area contributed by atoms with Crippen LogP contribution in [-0.2, 0) is 4.79 Å². The van der Waals surface area contributed by atoms with E-state index in [1.54, 1.807) is 0 Å². The fourth-order valence-electron chi connectivity index (χ4n) is 2.13. The van der Waals surface area contributed by atoms with Gasteiger partial charge in [-0.2, -0.15) is 0 Å². The molecule has 0 bridgehead atoms. The van der Waals surface area contributed by atoms with Crippen molar-refractivity contribution in [2.24, 2.45) is 0 Å². The number of hydrogen-bond acceptors (Lipinski definition) is 3. The smallest absolute Gasteiger partial charge is 0.253 e. The van der Waals surface area contributed by atoms with Gasteiger partial charge < -0.3 is 10.6 Å². The third-order valence-corrected chi connectivity index (χ3v) is 3.19. The fourth-order valence-corrected chi connectivity index (χ4v) is 2.13. The molecule has 0 atom stereocenters. The van der Waals surface area contributed by atoms with Crippen LogP contribution in [0, 0.1) is 13.8 Å². The number of benzene rings is 1. The van der Waals surface area contributed by atoms with Crippen LogP contribution in [0.25, 0.3) is 10.9 Å². The average Bonchev–Trinajstić information content (AvgIpc) is 2.43. The van der Waals surface area contributed by atoms with Crippen LogP contribution in [0.4, 0.5) is 0 Å². The summed E-state index contributed by atoms with van der Waals surface area (Å²) in [5.41, 5.74) is 3.28. The Kier molecular flexibility index (Phi) is 4.52. The van der Waals surface area contributed by atoms with Crippen molar-refractivity contribution in [1.29, 1.82) is 0 Å². The van der Waals surface area contributed by atoms with Gasteiger partial charge in [0.1, 0.15) is 0 Å². The van der Waals surface area contributed by atoms with Gasteiger partial charge in [-0.3, -0.25) is 14.6 Å². The minimum atomic E-state index is -0.172. The van der Waals surface area contributed by atoms with Crippen molar-refractivity contribution in [3.63, 3.8) is 0 Å². The molecule has 0 radical (unpaired) electrons. The van der Waals surface area contributed by atoms with Crippen molar-refractivity contribution in [3.05, 3.63) is 41.1 Å². The van der Waals surface area contributed by atoms with Crippen molar-refractivity contribution < 1.29 is 9.59 Å². The minimum absolute atomic E-state index is 0.108. The Bertz CT molecular complexity index is 695. The van der Waals surface area contributed by atoms with Crippen LogP contribution in [0.3, 0.4) is 0 Å². The van der Waals surface area contributed by atoms with E-state index in [1.165, 1.54) is 6.92 Å². The van der Waals surface area contributed by atoms with Gasteiger partial charge in [-0.25, -0.2) is 0 Å². The Morgan fingerprint density at radius 1 is 1.10 bits per heavy atom. The van der Waals surface area contributed by atoms with Crippen LogP contribution in [0.15, 0.2) is 24.3 Å². The third kappa shape index (κ3) is 3.78. The number of aromatic nitrogens is 1. The van der Waals surface area contributed by atoms with Gasteiger partial charge >= 0.3 is 0 Å². The van der Waals surface area contributed by atoms with Gasteiger partial charge in [-0.05, 0) is 32.0 Å². The second kappa shape index (κ2) is 6.35. The predicted molar refractivity (Wildman–Crippen MR) is 82.2 cm³/mol. The summed E-state index contributed by atoms with van der Waals surface area (Å²) in [4.78, 5) is 27.4. The third-order valence-electron chi connectivity index (χ3n) is 3.19. The highest BCUT2D eigenvalue weighted by atomic mass is 16.2. The molecule has 2 aromatic rings. The van der Waals surface area contributed by atoms with E-state index in [0.29, 0.717) is 24.3 Å². The number of amides is 2. The van der Waals surface area contributed by atoms with Gasteiger partial charge in [0.15, 0.2) is 0 Å². The Morgan fingerprint density at radius 2 is 1.81 bits per heavy atom. The maximum atomic E-state index is 12.2. The van der Waals surface area contributed by atoms with Crippen LogP contribution in [0.2, 0.25) is 0 Å². The number of aryl methyl sites for hydroxylation is 2. The highest BCUT2D eigenvalue weighted by Gasteiger charge is 2.11. The standard InChI is InChI=1S/C16H19N3O2/c1-10-4-5-15-13(8-10)9-14(11(2)19-15)16(21)18-7-6-17-12(3)20/h4-5,8-9H,6-7H2,1-3H3,(H,17,20)(H,18,21). The van der Waals surface area contributed by atoms with Gasteiger partial charge in [0.2, 0.25) is 5.91 Å². The Morgan fingerprint density at radius 3 is 2.52 bits per heavy atom. The summed E-state index contributed by atoms with van der Waals surface area (Å²) in [7, 11) is 0. The molecule has 110 valence electrons. The van der Waals surface area contributed by atoms with E-state index in [1.807, 2.05) is 38.1 Å². The van der Waals surface area contributed by atoms with E-state index in [9.17, 15) is 9.59 Å². The second-order valence-corrected chi connectivity index (χ2v) is 5.06. The van der Waals surface area contributed by atoms with Crippen molar-refractivity contribution >= 4 is 22.7 Å². The van der Waals surface area contributed by atoms with Gasteiger partial charge in [0, 0.05) is 25.4 Å². The number of nitrogens with one attached hydrogen (secondary N) is 2. The molecular weight excluding hydrogens is 266 g/mol. The molecule has 0 aliphatic heterocycles. The fraction of sp³-hybridized carbons (Fsp3) is 0.312. The monoisotopic (exact) mass is 285 g/mol.